The third kappa shape index (κ3) is 7.09. The summed E-state index contributed by atoms with van der Waals surface area (Å²) in [6, 6.07) is 0. The summed E-state index contributed by atoms with van der Waals surface area (Å²) in [5.74, 6) is -116. The summed E-state index contributed by atoms with van der Waals surface area (Å²) in [7, 11) is 0. The maximum atomic E-state index is 16.0. The van der Waals surface area contributed by atoms with Crippen LogP contribution in [0.2, 0.25) is 0 Å². The van der Waals surface area contributed by atoms with E-state index in [4.69, 9.17) is 0 Å². The van der Waals surface area contributed by atoms with Crippen molar-refractivity contribution in [1.29, 1.82) is 0 Å². The van der Waals surface area contributed by atoms with Gasteiger partial charge >= 0.3 is 12.7 Å². The molecule has 378 valence electrons. The Bertz CT molecular complexity index is 2870. The van der Waals surface area contributed by atoms with Crippen molar-refractivity contribution in [3.63, 3.8) is 0 Å². The van der Waals surface area contributed by atoms with Crippen LogP contribution in [0.1, 0.15) is 0 Å². The second kappa shape index (κ2) is 17.9. The van der Waals surface area contributed by atoms with E-state index in [9.17, 15) is 26.3 Å². The average molecular weight is 1070 g/mol. The van der Waals surface area contributed by atoms with Crippen molar-refractivity contribution in [2.75, 3.05) is 0 Å². The topological polar surface area (TPSA) is 32.9 Å². The minimum Gasteiger partial charge on any atom is -0.445 e. The van der Waals surface area contributed by atoms with Gasteiger partial charge in [0.05, 0.1) is 0 Å². The molecule has 6 aromatic rings. The minimum absolute atomic E-state index is 1.58. The molecular weight excluding hydrogens is 1070 g/mol. The third-order valence-electron chi connectivity index (χ3n) is 10.3. The summed E-state index contributed by atoms with van der Waals surface area (Å²) >= 11 is 0. The van der Waals surface area contributed by atoms with Gasteiger partial charge < -0.3 is 9.21 Å². The average Bonchev–Trinajstić information content (AvgIpc) is 3.33. The van der Waals surface area contributed by atoms with Gasteiger partial charge in [0.2, 0.25) is 5.34 Å². The summed E-state index contributed by atoms with van der Waals surface area (Å²) < 4.78 is 466. The van der Waals surface area contributed by atoms with E-state index in [1.165, 1.54) is 0 Å². The van der Waals surface area contributed by atoms with Crippen molar-refractivity contribution in [3.05, 3.63) is 179 Å². The first-order valence-corrected chi connectivity index (χ1v) is 17.2. The number of hydrogen-bond donors (Lipinski definition) is 0. The van der Waals surface area contributed by atoms with Gasteiger partial charge in [-0.25, -0.2) is 132 Å². The second-order valence-corrected chi connectivity index (χ2v) is 13.8. The lowest BCUT2D eigenvalue weighted by atomic mass is 9.27. The molecule has 0 fully saturated rings. The second-order valence-electron chi connectivity index (χ2n) is 13.8. The Morgan fingerprint density at radius 3 is 0.479 bits per heavy atom. The third-order valence-corrected chi connectivity index (χ3v) is 10.3. The Balaban J connectivity index is 2.08. The fourth-order valence-electron chi connectivity index (χ4n) is 7.21. The largest absolute Gasteiger partial charge is 0.445 e. The van der Waals surface area contributed by atoms with Gasteiger partial charge in [0.15, 0.2) is 105 Å². The van der Waals surface area contributed by atoms with Crippen molar-refractivity contribution in [2.45, 2.75) is 0 Å². The first-order chi connectivity index (χ1) is 32.8. The molecule has 0 N–H and O–H groups in total. The highest BCUT2D eigenvalue weighted by molar-refractivity contribution is 7.14. The summed E-state index contributed by atoms with van der Waals surface area (Å²) in [6.07, 6.45) is -15.6. The number of halogens is 30. The standard InChI is InChI=1S/C36B2F30NO2/c39-7-1(8(40)20(52)31(63)19(7)51)37(2-9(41)21(53)32(64)22(54)10(2)42,3-11(43)23(55)33(65)24(56)12(3)44)70-69-71-38(4-13(45)25(57)34(66)26(58)14(4)46,5-15(47)27(59)35(67)28(60)16(5)48)6-17(49)29(61)36(68)30(62)18(6)50/q-1. The van der Waals surface area contributed by atoms with E-state index >= 15 is 105 Å². The van der Waals surface area contributed by atoms with Crippen molar-refractivity contribution in [1.82, 2.24) is 0 Å². The van der Waals surface area contributed by atoms with Crippen molar-refractivity contribution in [3.8, 4) is 0 Å². The molecule has 0 spiro atoms. The molecule has 0 atom stereocenters. The first-order valence-electron chi connectivity index (χ1n) is 17.2. The van der Waals surface area contributed by atoms with Gasteiger partial charge in [-0.15, -0.1) is 0 Å². The monoisotopic (exact) mass is 1070 g/mol. The van der Waals surface area contributed by atoms with Gasteiger partial charge in [-0.3, -0.25) is 0 Å². The number of benzene rings is 6. The number of rotatable bonds is 9. The molecule has 6 aromatic carbocycles. The first kappa shape index (κ1) is 53.1. The van der Waals surface area contributed by atoms with Crippen LogP contribution in [0.3, 0.4) is 0 Å². The van der Waals surface area contributed by atoms with E-state index in [2.05, 4.69) is 9.21 Å². The minimum atomic E-state index is -7.78. The van der Waals surface area contributed by atoms with Crippen LogP contribution in [-0.4, -0.2) is 12.7 Å². The summed E-state index contributed by atoms with van der Waals surface area (Å²) in [5.41, 5.74) is -23.7. The molecule has 3 nitrogen and oxygen atoms in total. The van der Waals surface area contributed by atoms with Crippen LogP contribution in [0.5, 0.6) is 0 Å². The predicted octanol–water partition coefficient (Wildman–Crippen LogP) is 8.73. The molecule has 0 heterocycles. The maximum Gasteiger partial charge on any atom is 0.429 e. The normalized spacial score (nSPS) is 12.3. The molecular formula is C36B2F30NO2-. The lowest BCUT2D eigenvalue weighted by Gasteiger charge is -2.36. The lowest BCUT2D eigenvalue weighted by Crippen LogP contribution is -2.75. The Morgan fingerprint density at radius 1 is 0.197 bits per heavy atom. The molecule has 0 saturated carbocycles. The Morgan fingerprint density at radius 2 is 0.324 bits per heavy atom. The molecule has 0 amide bonds. The summed E-state index contributed by atoms with van der Waals surface area (Å²) in [5, 5.41) is 1.58. The van der Waals surface area contributed by atoms with E-state index in [1.807, 2.05) is 0 Å². The highest BCUT2D eigenvalue weighted by Crippen LogP contribution is 2.32. The molecule has 0 aromatic heterocycles. The van der Waals surface area contributed by atoms with Crippen LogP contribution >= 0.6 is 0 Å². The predicted molar refractivity (Wildman–Crippen MR) is 174 cm³/mol. The van der Waals surface area contributed by atoms with Crippen molar-refractivity contribution >= 4 is 45.5 Å². The molecule has 0 unspecified atom stereocenters. The van der Waals surface area contributed by atoms with Crippen LogP contribution in [0.25, 0.3) is 0 Å². The quantitative estimate of drug-likeness (QED) is 0.0357. The van der Waals surface area contributed by atoms with E-state index in [-0.39, 0.29) is 0 Å². The molecule has 0 aliphatic rings. The molecule has 0 aliphatic heterocycles. The molecule has 6 rings (SSSR count). The summed E-state index contributed by atoms with van der Waals surface area (Å²) in [6.45, 7) is 0. The van der Waals surface area contributed by atoms with Gasteiger partial charge in [0, 0.05) is 0 Å². The van der Waals surface area contributed by atoms with Crippen molar-refractivity contribution in [2.24, 2.45) is 5.34 Å². The molecule has 71 heavy (non-hydrogen) atoms. The van der Waals surface area contributed by atoms with Gasteiger partial charge in [-0.05, 0) is 32.8 Å². The van der Waals surface area contributed by atoms with Crippen LogP contribution in [-0.2, 0) is 4.76 Å². The van der Waals surface area contributed by atoms with Gasteiger partial charge in [0.25, 0.3) is 0 Å². The molecule has 0 bridgehead atoms. The van der Waals surface area contributed by atoms with Gasteiger partial charge in [-0.1, -0.05) is 0 Å². The summed E-state index contributed by atoms with van der Waals surface area (Å²) in [4.78, 5) is 0. The van der Waals surface area contributed by atoms with Gasteiger partial charge in [-0.2, -0.15) is 0 Å². The van der Waals surface area contributed by atoms with Crippen LogP contribution in [0.15, 0.2) is 5.34 Å². The van der Waals surface area contributed by atoms with E-state index < -0.39 is 220 Å². The van der Waals surface area contributed by atoms with E-state index in [0.29, 0.717) is 0 Å². The van der Waals surface area contributed by atoms with E-state index in [1.54, 1.807) is 5.34 Å². The highest BCUT2D eigenvalue weighted by atomic mass is 19.2. The zero-order valence-corrected chi connectivity index (χ0v) is 31.8. The van der Waals surface area contributed by atoms with Gasteiger partial charge in [0.1, 0.15) is 69.8 Å². The molecule has 0 aliphatic carbocycles. The molecule has 35 heteroatoms. The van der Waals surface area contributed by atoms with Crippen LogP contribution in [0, 0.1) is 179 Å². The number of nitrogens with zero attached hydrogens (tertiary/aromatic N) is 1. The highest BCUT2D eigenvalue weighted by Gasteiger charge is 2.60. The Labute approximate surface area is 366 Å². The molecule has 0 saturated heterocycles. The lowest BCUT2D eigenvalue weighted by molar-refractivity contribution is 0.322. The van der Waals surface area contributed by atoms with Crippen LogP contribution in [0.4, 0.5) is 132 Å². The zero-order valence-electron chi connectivity index (χ0n) is 31.8. The Hall–Kier alpha value is -7.25. The fraction of sp³-hybridized carbons (Fsp3) is 0. The Kier molecular flexibility index (Phi) is 13.4. The zero-order chi connectivity index (χ0) is 53.9. The SMILES string of the molecule is Fc1c(F)c(F)c([B-](ON=[O+][B-](c2c(F)c(F)c(F)c(F)c2F)(c2c(F)c(F)c(F)c(F)c2F)c2c(F)c(F)c(F)c(F)c2F)(c2c(F)c(F)c(F)c(F)c2F)c2c(F)c(F)c(F)c(F)c2F)c(F)c1F. The van der Waals surface area contributed by atoms with Crippen LogP contribution < -0.4 is 32.8 Å². The molecule has 0 radical (unpaired) electrons. The van der Waals surface area contributed by atoms with E-state index in [0.717, 1.165) is 0 Å². The number of hydrogen-bond acceptors (Lipinski definition) is 2. The smallest absolute Gasteiger partial charge is 0.429 e. The maximum absolute atomic E-state index is 16.0. The fourth-order valence-corrected chi connectivity index (χ4v) is 7.21. The van der Waals surface area contributed by atoms with Crippen molar-refractivity contribution < 1.29 is 136 Å².